The van der Waals surface area contributed by atoms with Crippen molar-refractivity contribution in [3.63, 3.8) is 0 Å². The molecular formula is C21H25BrN4O2S. The number of amides is 2. The number of hydrogen-bond donors (Lipinski definition) is 2. The number of anilines is 1. The Morgan fingerprint density at radius 2 is 2.00 bits per heavy atom. The predicted molar refractivity (Wildman–Crippen MR) is 121 cm³/mol. The fourth-order valence-corrected chi connectivity index (χ4v) is 5.87. The van der Waals surface area contributed by atoms with Gasteiger partial charge in [-0.25, -0.2) is 0 Å². The number of halogens is 1. The number of nitrogens with one attached hydrogen (secondary N) is 2. The van der Waals surface area contributed by atoms with Gasteiger partial charge < -0.3 is 10.6 Å². The van der Waals surface area contributed by atoms with Crippen molar-refractivity contribution < 1.29 is 9.59 Å². The number of rotatable bonds is 4. The zero-order chi connectivity index (χ0) is 20.8. The third-order valence-corrected chi connectivity index (χ3v) is 8.65. The molecular weight excluding hydrogens is 452 g/mol. The van der Waals surface area contributed by atoms with Crippen LogP contribution in [0.2, 0.25) is 0 Å². The zero-order valence-corrected chi connectivity index (χ0v) is 19.2. The summed E-state index contributed by atoms with van der Waals surface area (Å²) in [7, 11) is 0. The van der Waals surface area contributed by atoms with Gasteiger partial charge in [0.15, 0.2) is 5.17 Å². The fourth-order valence-electron chi connectivity index (χ4n) is 4.69. The molecule has 0 radical (unpaired) electrons. The molecule has 3 fully saturated rings. The summed E-state index contributed by atoms with van der Waals surface area (Å²) < 4.78 is 0.941. The van der Waals surface area contributed by atoms with Crippen LogP contribution in [0.3, 0.4) is 0 Å². The minimum Gasteiger partial charge on any atom is -0.326 e. The van der Waals surface area contributed by atoms with Crippen LogP contribution in [0.5, 0.6) is 0 Å². The Morgan fingerprint density at radius 1 is 1.28 bits per heavy atom. The van der Waals surface area contributed by atoms with Crippen molar-refractivity contribution in [2.24, 2.45) is 27.0 Å². The lowest BCUT2D eigenvalue weighted by Crippen LogP contribution is -2.32. The first-order chi connectivity index (χ1) is 13.7. The molecule has 8 heteroatoms. The minimum absolute atomic E-state index is 0.0823. The van der Waals surface area contributed by atoms with Gasteiger partial charge in [0.05, 0.1) is 0 Å². The number of amidine groups is 1. The number of hydrogen-bond acceptors (Lipinski definition) is 5. The van der Waals surface area contributed by atoms with Gasteiger partial charge in [0.2, 0.25) is 11.8 Å². The Labute approximate surface area is 183 Å². The Kier molecular flexibility index (Phi) is 5.36. The van der Waals surface area contributed by atoms with Crippen LogP contribution in [-0.4, -0.2) is 27.9 Å². The van der Waals surface area contributed by atoms with E-state index in [2.05, 4.69) is 57.5 Å². The number of nitrogens with zero attached hydrogens (tertiary/aromatic N) is 2. The second-order valence-corrected chi connectivity index (χ2v) is 10.9. The molecule has 1 saturated heterocycles. The van der Waals surface area contributed by atoms with Crippen molar-refractivity contribution in [3.8, 4) is 0 Å². The highest BCUT2D eigenvalue weighted by molar-refractivity contribution is 9.10. The van der Waals surface area contributed by atoms with E-state index >= 15 is 0 Å². The highest BCUT2D eigenvalue weighted by Gasteiger charge is 2.60. The number of fused-ring (bicyclic) bond motifs is 2. The molecule has 154 valence electrons. The fraction of sp³-hybridized carbons (Fsp3) is 0.524. The average Bonchev–Trinajstić information content (AvgIpc) is 3.18. The van der Waals surface area contributed by atoms with Gasteiger partial charge in [-0.3, -0.25) is 9.59 Å². The number of carbonyl (C=O) groups is 2. The number of benzene rings is 1. The van der Waals surface area contributed by atoms with E-state index in [0.29, 0.717) is 16.8 Å². The third-order valence-electron chi connectivity index (χ3n) is 7.05. The van der Waals surface area contributed by atoms with Crippen molar-refractivity contribution >= 4 is 56.1 Å². The lowest BCUT2D eigenvalue weighted by Gasteiger charge is -2.34. The maximum Gasteiger partial charge on any atom is 0.240 e. The quantitative estimate of drug-likeness (QED) is 0.624. The van der Waals surface area contributed by atoms with E-state index in [1.807, 2.05) is 24.3 Å². The first-order valence-corrected chi connectivity index (χ1v) is 11.5. The van der Waals surface area contributed by atoms with E-state index in [0.717, 1.165) is 23.0 Å². The van der Waals surface area contributed by atoms with Crippen molar-refractivity contribution in [2.45, 2.75) is 51.7 Å². The van der Waals surface area contributed by atoms with E-state index in [4.69, 9.17) is 0 Å². The lowest BCUT2D eigenvalue weighted by atomic mass is 9.70. The van der Waals surface area contributed by atoms with E-state index in [-0.39, 0.29) is 29.1 Å². The van der Waals surface area contributed by atoms with Crippen molar-refractivity contribution in [2.75, 3.05) is 5.32 Å². The molecule has 0 spiro atoms. The first kappa shape index (κ1) is 20.6. The largest absolute Gasteiger partial charge is 0.326 e. The second kappa shape index (κ2) is 7.54. The SMILES string of the molecule is CC1(C)[C@H]2CC[C@@]1(C)/C(=N/N=C1\NC(=O)[C@H](CC(=O)Nc3ccc(Br)cc3)S1)C2. The summed E-state index contributed by atoms with van der Waals surface area (Å²) in [5.41, 5.74) is 2.16. The molecule has 2 bridgehead atoms. The number of thioether (sulfide) groups is 1. The molecule has 1 heterocycles. The summed E-state index contributed by atoms with van der Waals surface area (Å²) >= 11 is 4.64. The van der Waals surface area contributed by atoms with E-state index in [1.165, 1.54) is 18.2 Å². The molecule has 1 aromatic rings. The summed E-state index contributed by atoms with van der Waals surface area (Å²) in [4.78, 5) is 24.5. The Hall–Kier alpha value is -1.67. The van der Waals surface area contributed by atoms with Gasteiger partial charge in [0.1, 0.15) is 5.25 Å². The molecule has 2 saturated carbocycles. The van der Waals surface area contributed by atoms with Crippen LogP contribution >= 0.6 is 27.7 Å². The summed E-state index contributed by atoms with van der Waals surface area (Å²) in [6.07, 6.45) is 3.47. The molecule has 1 aromatic carbocycles. The first-order valence-electron chi connectivity index (χ1n) is 9.87. The summed E-state index contributed by atoms with van der Waals surface area (Å²) in [6.45, 7) is 6.94. The molecule has 29 heavy (non-hydrogen) atoms. The van der Waals surface area contributed by atoms with Crippen molar-refractivity contribution in [1.29, 1.82) is 0 Å². The van der Waals surface area contributed by atoms with Gasteiger partial charge in [-0.05, 0) is 54.9 Å². The van der Waals surface area contributed by atoms with Crippen LogP contribution in [0, 0.1) is 16.7 Å². The topological polar surface area (TPSA) is 82.9 Å². The minimum atomic E-state index is -0.489. The van der Waals surface area contributed by atoms with Gasteiger partial charge in [-0.1, -0.05) is 48.5 Å². The Balaban J connectivity index is 1.38. The molecule has 6 nitrogen and oxygen atoms in total. The maximum absolute atomic E-state index is 12.3. The molecule has 4 rings (SSSR count). The zero-order valence-electron chi connectivity index (χ0n) is 16.8. The van der Waals surface area contributed by atoms with Gasteiger partial charge in [0, 0.05) is 27.7 Å². The van der Waals surface area contributed by atoms with Gasteiger partial charge in [0.25, 0.3) is 0 Å². The highest BCUT2D eigenvalue weighted by Crippen LogP contribution is 2.64. The average molecular weight is 477 g/mol. The smallest absolute Gasteiger partial charge is 0.240 e. The van der Waals surface area contributed by atoms with Gasteiger partial charge >= 0.3 is 0 Å². The van der Waals surface area contributed by atoms with Crippen LogP contribution in [0.4, 0.5) is 5.69 Å². The monoisotopic (exact) mass is 476 g/mol. The maximum atomic E-state index is 12.3. The predicted octanol–water partition coefficient (Wildman–Crippen LogP) is 4.57. The van der Waals surface area contributed by atoms with Gasteiger partial charge in [-0.2, -0.15) is 5.10 Å². The molecule has 0 unspecified atom stereocenters. The van der Waals surface area contributed by atoms with E-state index in [1.54, 1.807) is 0 Å². The summed E-state index contributed by atoms with van der Waals surface area (Å²) in [5.74, 6) is 0.265. The lowest BCUT2D eigenvalue weighted by molar-refractivity contribution is -0.122. The van der Waals surface area contributed by atoms with Crippen LogP contribution in [-0.2, 0) is 9.59 Å². The molecule has 2 aliphatic carbocycles. The summed E-state index contributed by atoms with van der Waals surface area (Å²) in [5, 5.41) is 14.5. The summed E-state index contributed by atoms with van der Waals surface area (Å²) in [6, 6.07) is 7.33. The van der Waals surface area contributed by atoms with Gasteiger partial charge in [-0.15, -0.1) is 5.10 Å². The van der Waals surface area contributed by atoms with Crippen LogP contribution in [0.1, 0.15) is 46.5 Å². The van der Waals surface area contributed by atoms with Crippen molar-refractivity contribution in [1.82, 2.24) is 5.32 Å². The van der Waals surface area contributed by atoms with Crippen LogP contribution in [0.15, 0.2) is 38.9 Å². The molecule has 3 aliphatic rings. The van der Waals surface area contributed by atoms with E-state index in [9.17, 15) is 9.59 Å². The number of carbonyl (C=O) groups excluding carboxylic acids is 2. The highest BCUT2D eigenvalue weighted by atomic mass is 79.9. The van der Waals surface area contributed by atoms with Crippen molar-refractivity contribution in [3.05, 3.63) is 28.7 Å². The molecule has 3 atom stereocenters. The Morgan fingerprint density at radius 3 is 2.62 bits per heavy atom. The third kappa shape index (κ3) is 3.77. The van der Waals surface area contributed by atoms with E-state index < -0.39 is 5.25 Å². The molecule has 0 aromatic heterocycles. The van der Waals surface area contributed by atoms with Crippen LogP contribution in [0.25, 0.3) is 0 Å². The standard InChI is InChI=1S/C21H25BrN4O2S/c1-20(2)12-8-9-21(20,3)16(10-12)25-26-19-24-18(28)15(29-19)11-17(27)23-14-6-4-13(22)5-7-14/h4-7,12,15H,8-11H2,1-3H3,(H,23,27)(H,24,26,28)/b25-16+/t12-,15-,21-/m0/s1. The molecule has 2 amide bonds. The normalized spacial score (nSPS) is 32.8. The van der Waals surface area contributed by atoms with Crippen LogP contribution < -0.4 is 10.6 Å². The molecule has 2 N–H and O–H groups in total. The second-order valence-electron chi connectivity index (χ2n) is 8.80. The molecule has 1 aliphatic heterocycles. The Bertz CT molecular complexity index is 912.